The van der Waals surface area contributed by atoms with E-state index in [4.69, 9.17) is 0 Å². The molecule has 1 unspecified atom stereocenters. The summed E-state index contributed by atoms with van der Waals surface area (Å²) in [6, 6.07) is 2.02. The Balaban J connectivity index is 1.97. The van der Waals surface area contributed by atoms with E-state index in [9.17, 15) is 13.9 Å². The van der Waals surface area contributed by atoms with Crippen molar-refractivity contribution in [2.45, 2.75) is 70.9 Å². The van der Waals surface area contributed by atoms with Crippen LogP contribution in [0.5, 0.6) is 0 Å². The first-order valence-electron chi connectivity index (χ1n) is 7.56. The third kappa shape index (κ3) is 3.57. The summed E-state index contributed by atoms with van der Waals surface area (Å²) < 4.78 is 28.2. The number of rotatable bonds is 5. The number of hydrogen-bond acceptors (Lipinski definition) is 2. The summed E-state index contributed by atoms with van der Waals surface area (Å²) in [4.78, 5) is 0. The predicted octanol–water partition coefficient (Wildman–Crippen LogP) is 3.19. The van der Waals surface area contributed by atoms with Gasteiger partial charge in [-0.25, -0.2) is 8.78 Å². The molecular formula is C15H24F2N2O. The van der Waals surface area contributed by atoms with Crippen LogP contribution in [-0.4, -0.2) is 26.9 Å². The van der Waals surface area contributed by atoms with Gasteiger partial charge in [0.1, 0.15) is 0 Å². The van der Waals surface area contributed by atoms with Crippen LogP contribution in [-0.2, 0) is 19.4 Å². The average molecular weight is 286 g/mol. The monoisotopic (exact) mass is 286 g/mol. The second kappa shape index (κ2) is 6.20. The lowest BCUT2D eigenvalue weighted by molar-refractivity contribution is -0.0621. The molecule has 20 heavy (non-hydrogen) atoms. The van der Waals surface area contributed by atoms with Crippen LogP contribution in [0.25, 0.3) is 0 Å². The molecule has 2 rings (SSSR count). The third-order valence-electron chi connectivity index (χ3n) is 4.30. The zero-order valence-electron chi connectivity index (χ0n) is 12.3. The number of nitrogens with zero attached hydrogens (tertiary/aromatic N) is 2. The fraction of sp³-hybridized carbons (Fsp3) is 0.800. The molecule has 0 bridgehead atoms. The van der Waals surface area contributed by atoms with Gasteiger partial charge in [0.05, 0.1) is 11.8 Å². The molecule has 1 atom stereocenters. The van der Waals surface area contributed by atoms with Crippen molar-refractivity contribution in [3.63, 3.8) is 0 Å². The van der Waals surface area contributed by atoms with Gasteiger partial charge in [-0.3, -0.25) is 4.68 Å². The van der Waals surface area contributed by atoms with Crippen LogP contribution in [0.1, 0.15) is 50.9 Å². The van der Waals surface area contributed by atoms with Crippen molar-refractivity contribution in [2.75, 3.05) is 0 Å². The van der Waals surface area contributed by atoms with Gasteiger partial charge in [-0.2, -0.15) is 5.10 Å². The van der Waals surface area contributed by atoms with E-state index in [1.54, 1.807) is 0 Å². The molecule has 114 valence electrons. The van der Waals surface area contributed by atoms with Crippen LogP contribution >= 0.6 is 0 Å². The summed E-state index contributed by atoms with van der Waals surface area (Å²) in [6.45, 7) is 4.83. The lowest BCUT2D eigenvalue weighted by atomic mass is 9.82. The summed E-state index contributed by atoms with van der Waals surface area (Å²) in [5.41, 5.74) is 2.03. The van der Waals surface area contributed by atoms with Gasteiger partial charge in [0.25, 0.3) is 0 Å². The highest BCUT2D eigenvalue weighted by Gasteiger charge is 2.37. The quantitative estimate of drug-likeness (QED) is 0.902. The molecule has 0 saturated heterocycles. The number of aryl methyl sites for hydroxylation is 2. The highest BCUT2D eigenvalue weighted by Crippen LogP contribution is 2.38. The largest absolute Gasteiger partial charge is 0.392 e. The van der Waals surface area contributed by atoms with Gasteiger partial charge in [0.2, 0.25) is 5.92 Å². The Morgan fingerprint density at radius 1 is 1.40 bits per heavy atom. The maximum absolute atomic E-state index is 13.1. The van der Waals surface area contributed by atoms with E-state index >= 15 is 0 Å². The molecule has 1 aliphatic rings. The molecule has 1 N–H and O–H groups in total. The van der Waals surface area contributed by atoms with Crippen molar-refractivity contribution >= 4 is 0 Å². The molecule has 3 nitrogen and oxygen atoms in total. The zero-order valence-corrected chi connectivity index (χ0v) is 12.3. The van der Waals surface area contributed by atoms with Crippen molar-refractivity contribution in [1.29, 1.82) is 0 Å². The Labute approximate surface area is 119 Å². The summed E-state index contributed by atoms with van der Waals surface area (Å²) in [5.74, 6) is -2.54. The van der Waals surface area contributed by atoms with Crippen LogP contribution in [0.4, 0.5) is 8.78 Å². The van der Waals surface area contributed by atoms with Gasteiger partial charge < -0.3 is 5.11 Å². The standard InChI is InChI=1S/C15H24F2N2O/c1-3-12-9-13(19(4-2)18-12)10-14(20)11-5-7-15(16,17)8-6-11/h9,11,14,20H,3-8,10H2,1-2H3. The second-order valence-electron chi connectivity index (χ2n) is 5.76. The van der Waals surface area contributed by atoms with Gasteiger partial charge >= 0.3 is 0 Å². The number of alkyl halides is 2. The highest BCUT2D eigenvalue weighted by molar-refractivity contribution is 5.11. The van der Waals surface area contributed by atoms with Crippen LogP contribution in [0.2, 0.25) is 0 Å². The summed E-state index contributed by atoms with van der Waals surface area (Å²) in [5, 5.41) is 14.8. The highest BCUT2D eigenvalue weighted by atomic mass is 19.3. The second-order valence-corrected chi connectivity index (χ2v) is 5.76. The Bertz CT molecular complexity index is 435. The molecule has 0 aromatic carbocycles. The minimum atomic E-state index is -2.53. The molecule has 0 amide bonds. The first-order valence-corrected chi connectivity index (χ1v) is 7.56. The van der Waals surface area contributed by atoms with E-state index in [0.29, 0.717) is 19.3 Å². The number of hydrogen-bond donors (Lipinski definition) is 1. The number of aliphatic hydroxyl groups excluding tert-OH is 1. The van der Waals surface area contributed by atoms with Gasteiger partial charge in [0, 0.05) is 31.5 Å². The van der Waals surface area contributed by atoms with Crippen LogP contribution in [0.15, 0.2) is 6.07 Å². The Morgan fingerprint density at radius 3 is 2.60 bits per heavy atom. The van der Waals surface area contributed by atoms with E-state index in [-0.39, 0.29) is 18.8 Å². The Morgan fingerprint density at radius 2 is 2.05 bits per heavy atom. The zero-order chi connectivity index (χ0) is 14.8. The first kappa shape index (κ1) is 15.4. The van der Waals surface area contributed by atoms with Crippen LogP contribution in [0.3, 0.4) is 0 Å². The van der Waals surface area contributed by atoms with E-state index < -0.39 is 12.0 Å². The average Bonchev–Trinajstić information content (AvgIpc) is 2.80. The van der Waals surface area contributed by atoms with Gasteiger partial charge in [-0.05, 0) is 38.2 Å². The third-order valence-corrected chi connectivity index (χ3v) is 4.30. The minimum Gasteiger partial charge on any atom is -0.392 e. The fourth-order valence-electron chi connectivity index (χ4n) is 2.95. The summed E-state index contributed by atoms with van der Waals surface area (Å²) >= 11 is 0. The molecular weight excluding hydrogens is 262 g/mol. The number of aliphatic hydroxyl groups is 1. The van der Waals surface area contributed by atoms with Gasteiger partial charge in [-0.1, -0.05) is 6.92 Å². The topological polar surface area (TPSA) is 38.0 Å². The molecule has 5 heteroatoms. The maximum atomic E-state index is 13.1. The lowest BCUT2D eigenvalue weighted by Crippen LogP contribution is -2.32. The summed E-state index contributed by atoms with van der Waals surface area (Å²) in [7, 11) is 0. The van der Waals surface area contributed by atoms with Gasteiger partial charge in [0.15, 0.2) is 0 Å². The fourth-order valence-corrected chi connectivity index (χ4v) is 2.95. The number of halogens is 2. The Hall–Kier alpha value is -0.970. The molecule has 0 radical (unpaired) electrons. The summed E-state index contributed by atoms with van der Waals surface area (Å²) in [6.07, 6.45) is 1.47. The Kier molecular flexibility index (Phi) is 4.78. The maximum Gasteiger partial charge on any atom is 0.248 e. The molecule has 0 aliphatic heterocycles. The van der Waals surface area contributed by atoms with E-state index in [0.717, 1.165) is 24.4 Å². The molecule has 0 spiro atoms. The van der Waals surface area contributed by atoms with Crippen molar-refractivity contribution < 1.29 is 13.9 Å². The smallest absolute Gasteiger partial charge is 0.248 e. The molecule has 1 aromatic rings. The van der Waals surface area contributed by atoms with Crippen molar-refractivity contribution in [3.8, 4) is 0 Å². The van der Waals surface area contributed by atoms with Crippen LogP contribution < -0.4 is 0 Å². The lowest BCUT2D eigenvalue weighted by Gasteiger charge is -2.31. The SMILES string of the molecule is CCc1cc(CC(O)C2CCC(F)(F)CC2)n(CC)n1. The van der Waals surface area contributed by atoms with Crippen molar-refractivity contribution in [1.82, 2.24) is 9.78 Å². The molecule has 1 fully saturated rings. The minimum absolute atomic E-state index is 0.0140. The predicted molar refractivity (Wildman–Crippen MR) is 73.9 cm³/mol. The normalized spacial score (nSPS) is 21.1. The molecule has 1 aromatic heterocycles. The van der Waals surface area contributed by atoms with Gasteiger partial charge in [-0.15, -0.1) is 0 Å². The number of aromatic nitrogens is 2. The van der Waals surface area contributed by atoms with Crippen LogP contribution in [0, 0.1) is 5.92 Å². The van der Waals surface area contributed by atoms with E-state index in [1.165, 1.54) is 0 Å². The van der Waals surface area contributed by atoms with E-state index in [2.05, 4.69) is 5.10 Å². The van der Waals surface area contributed by atoms with Crippen molar-refractivity contribution in [2.24, 2.45) is 5.92 Å². The molecule has 1 saturated carbocycles. The van der Waals surface area contributed by atoms with Crippen molar-refractivity contribution in [3.05, 3.63) is 17.5 Å². The van der Waals surface area contributed by atoms with E-state index in [1.807, 2.05) is 24.6 Å². The first-order chi connectivity index (χ1) is 9.45. The molecule has 1 aliphatic carbocycles. The molecule has 1 heterocycles.